The summed E-state index contributed by atoms with van der Waals surface area (Å²) in [6.07, 6.45) is 74.1. The number of esters is 1. The van der Waals surface area contributed by atoms with Crippen LogP contribution in [-0.4, -0.2) is 99.6 Å². The van der Waals surface area contributed by atoms with E-state index in [9.17, 15) is 35.1 Å². The van der Waals surface area contributed by atoms with Gasteiger partial charge < -0.3 is 45.1 Å². The fourth-order valence-corrected chi connectivity index (χ4v) is 11.9. The van der Waals surface area contributed by atoms with E-state index in [2.05, 4.69) is 74.7 Å². The highest BCUT2D eigenvalue weighted by Gasteiger charge is 2.47. The van der Waals surface area contributed by atoms with Crippen molar-refractivity contribution in [1.29, 1.82) is 0 Å². The number of unbranched alkanes of at least 4 members (excludes halogenated alkanes) is 44. The van der Waals surface area contributed by atoms with Crippen molar-refractivity contribution in [3.8, 4) is 0 Å². The van der Waals surface area contributed by atoms with Gasteiger partial charge in [-0.3, -0.25) is 9.59 Å². The van der Waals surface area contributed by atoms with Gasteiger partial charge in [-0.1, -0.05) is 326 Å². The average Bonchev–Trinajstić information content (AvgIpc) is 3.72. The van der Waals surface area contributed by atoms with E-state index >= 15 is 0 Å². The first-order valence-corrected chi connectivity index (χ1v) is 38.1. The van der Waals surface area contributed by atoms with Crippen molar-refractivity contribution < 1.29 is 49.3 Å². The molecule has 89 heavy (non-hydrogen) atoms. The maximum absolute atomic E-state index is 13.5. The molecule has 0 aromatic heterocycles. The van der Waals surface area contributed by atoms with Gasteiger partial charge in [-0.2, -0.15) is 0 Å². The zero-order valence-corrected chi connectivity index (χ0v) is 58.1. The quantitative estimate of drug-likeness (QED) is 0.0195. The second-order valence-corrected chi connectivity index (χ2v) is 26.4. The second kappa shape index (κ2) is 65.4. The first-order valence-electron chi connectivity index (χ1n) is 38.1. The number of hydrogen-bond acceptors (Lipinski definition) is 10. The van der Waals surface area contributed by atoms with Gasteiger partial charge >= 0.3 is 5.97 Å². The Kier molecular flexibility index (Phi) is 62.0. The van der Waals surface area contributed by atoms with Crippen LogP contribution in [0.15, 0.2) is 60.8 Å². The molecule has 11 nitrogen and oxygen atoms in total. The van der Waals surface area contributed by atoms with E-state index in [4.69, 9.17) is 14.2 Å². The second-order valence-electron chi connectivity index (χ2n) is 26.4. The van der Waals surface area contributed by atoms with E-state index in [0.29, 0.717) is 12.8 Å². The monoisotopic (exact) mass is 1250 g/mol. The van der Waals surface area contributed by atoms with E-state index in [-0.39, 0.29) is 19.4 Å². The number of carbonyl (C=O) groups excluding carboxylic acids is 2. The van der Waals surface area contributed by atoms with Crippen molar-refractivity contribution in [2.45, 2.75) is 410 Å². The molecule has 1 aliphatic heterocycles. The Labute approximate surface area is 548 Å². The highest BCUT2D eigenvalue weighted by Crippen LogP contribution is 2.26. The smallest absolute Gasteiger partial charge is 0.306 e. The zero-order valence-electron chi connectivity index (χ0n) is 58.1. The molecular weight excluding hydrogens is 1110 g/mol. The molecule has 1 aliphatic rings. The van der Waals surface area contributed by atoms with Crippen LogP contribution in [-0.2, 0) is 23.8 Å². The van der Waals surface area contributed by atoms with Crippen LogP contribution < -0.4 is 5.32 Å². The standard InChI is InChI=1S/C78H143NO10/c1-4-7-10-13-16-19-22-24-26-28-30-32-34-36-38-40-42-44-46-48-51-54-57-60-63-66-73(83)89-76-75(85)74(84)72(67-80)88-78(76)87-68-69(70(81)64-61-58-55-52-49-21-18-15-12-9-6-3)79-77(86)71(82)65-62-59-56-53-50-47-45-43-41-39-37-35-33-31-29-27-25-23-20-17-14-11-8-5-2/h17,20,24-27,31,33,61,64,69-72,74-76,78,80-82,84-85H,4-16,18-19,21-23,28-30,32,34-60,62-63,65-68H2,1-3H3,(H,79,86)/b20-17-,26-24+,27-25-,33-31-,64-61+. The predicted octanol–water partition coefficient (Wildman–Crippen LogP) is 20.1. The molecule has 1 rings (SSSR count). The molecule has 8 atom stereocenters. The minimum absolute atomic E-state index is 0.126. The van der Waals surface area contributed by atoms with Crippen LogP contribution in [0.2, 0.25) is 0 Å². The molecule has 11 heteroatoms. The molecule has 1 fully saturated rings. The van der Waals surface area contributed by atoms with Crippen LogP contribution in [0.5, 0.6) is 0 Å². The molecule has 8 unspecified atom stereocenters. The molecule has 0 radical (unpaired) electrons. The summed E-state index contributed by atoms with van der Waals surface area (Å²) in [5.74, 6) is -1.18. The molecule has 1 amide bonds. The molecule has 1 saturated heterocycles. The fourth-order valence-electron chi connectivity index (χ4n) is 11.9. The van der Waals surface area contributed by atoms with Gasteiger partial charge in [-0.25, -0.2) is 0 Å². The molecule has 520 valence electrons. The Morgan fingerprint density at radius 3 is 1.19 bits per heavy atom. The third-order valence-electron chi connectivity index (χ3n) is 17.9. The van der Waals surface area contributed by atoms with Crippen molar-refractivity contribution in [1.82, 2.24) is 5.32 Å². The zero-order chi connectivity index (χ0) is 64.6. The van der Waals surface area contributed by atoms with Crippen LogP contribution in [0.3, 0.4) is 0 Å². The summed E-state index contributed by atoms with van der Waals surface area (Å²) >= 11 is 0. The third kappa shape index (κ3) is 52.4. The molecule has 0 spiro atoms. The number of aliphatic hydroxyl groups is 5. The Balaban J connectivity index is 2.50. The maximum Gasteiger partial charge on any atom is 0.306 e. The molecule has 0 bridgehead atoms. The lowest BCUT2D eigenvalue weighted by molar-refractivity contribution is -0.305. The van der Waals surface area contributed by atoms with Crippen molar-refractivity contribution in [3.63, 3.8) is 0 Å². The van der Waals surface area contributed by atoms with Crippen LogP contribution in [0, 0.1) is 0 Å². The number of nitrogens with one attached hydrogen (secondary N) is 1. The van der Waals surface area contributed by atoms with Crippen LogP contribution in [0.1, 0.15) is 361 Å². The van der Waals surface area contributed by atoms with Crippen LogP contribution >= 0.6 is 0 Å². The van der Waals surface area contributed by atoms with Crippen molar-refractivity contribution in [3.05, 3.63) is 60.8 Å². The lowest BCUT2D eigenvalue weighted by Crippen LogP contribution is -2.61. The van der Waals surface area contributed by atoms with E-state index < -0.39 is 67.4 Å². The summed E-state index contributed by atoms with van der Waals surface area (Å²) in [7, 11) is 0. The Hall–Kier alpha value is -2.64. The molecule has 6 N–H and O–H groups in total. The van der Waals surface area contributed by atoms with Gasteiger partial charge in [0.2, 0.25) is 5.91 Å². The SMILES string of the molecule is CCCCC/C=C\C/C=C\C/C=C\CCCCCCCCCCCCCC(O)C(=O)NC(COC1OC(CO)C(O)C(O)C1OC(=O)CCCCCCCCCCCCCCCCC/C=C/CCCCCCCC)C(O)/C=C/CCCCCCCCCCC. The summed E-state index contributed by atoms with van der Waals surface area (Å²) in [5, 5.41) is 57.3. The van der Waals surface area contributed by atoms with E-state index in [1.165, 1.54) is 238 Å². The molecule has 0 aliphatic carbocycles. The number of aliphatic hydroxyl groups excluding tert-OH is 5. The fraction of sp³-hybridized carbons (Fsp3) is 0.846. The lowest BCUT2D eigenvalue weighted by atomic mass is 9.99. The Morgan fingerprint density at radius 1 is 0.438 bits per heavy atom. The minimum Gasteiger partial charge on any atom is -0.454 e. The van der Waals surface area contributed by atoms with E-state index in [1.807, 2.05) is 6.08 Å². The van der Waals surface area contributed by atoms with E-state index in [0.717, 1.165) is 77.0 Å². The van der Waals surface area contributed by atoms with E-state index in [1.54, 1.807) is 6.08 Å². The largest absolute Gasteiger partial charge is 0.454 e. The van der Waals surface area contributed by atoms with Gasteiger partial charge in [0.25, 0.3) is 0 Å². The Bertz CT molecular complexity index is 1680. The summed E-state index contributed by atoms with van der Waals surface area (Å²) in [6.45, 7) is 5.80. The van der Waals surface area contributed by atoms with Crippen LogP contribution in [0.4, 0.5) is 0 Å². The number of ether oxygens (including phenoxy) is 3. The molecule has 1 heterocycles. The molecular formula is C78H143NO10. The van der Waals surface area contributed by atoms with Crippen LogP contribution in [0.25, 0.3) is 0 Å². The van der Waals surface area contributed by atoms with Gasteiger partial charge in [0, 0.05) is 6.42 Å². The highest BCUT2D eigenvalue weighted by atomic mass is 16.7. The van der Waals surface area contributed by atoms with Gasteiger partial charge in [0.1, 0.15) is 24.4 Å². The molecule has 0 aromatic carbocycles. The van der Waals surface area contributed by atoms with Gasteiger partial charge in [0.15, 0.2) is 12.4 Å². The average molecular weight is 1250 g/mol. The summed E-state index contributed by atoms with van der Waals surface area (Å²) in [5.41, 5.74) is 0. The number of allylic oxidation sites excluding steroid dienone is 9. The predicted molar refractivity (Wildman–Crippen MR) is 375 cm³/mol. The summed E-state index contributed by atoms with van der Waals surface area (Å²) in [4.78, 5) is 26.7. The minimum atomic E-state index is -1.61. The van der Waals surface area contributed by atoms with Gasteiger partial charge in [-0.15, -0.1) is 0 Å². The number of hydrogen-bond donors (Lipinski definition) is 6. The van der Waals surface area contributed by atoms with Crippen molar-refractivity contribution >= 4 is 11.9 Å². The first kappa shape index (κ1) is 84.4. The van der Waals surface area contributed by atoms with Gasteiger partial charge in [-0.05, 0) is 89.9 Å². The lowest BCUT2D eigenvalue weighted by Gasteiger charge is -2.41. The first-order chi connectivity index (χ1) is 43.7. The third-order valence-corrected chi connectivity index (χ3v) is 17.9. The Morgan fingerprint density at radius 2 is 0.775 bits per heavy atom. The summed E-state index contributed by atoms with van der Waals surface area (Å²) < 4.78 is 17.7. The van der Waals surface area contributed by atoms with Crippen molar-refractivity contribution in [2.75, 3.05) is 13.2 Å². The molecule has 0 aromatic rings. The number of amides is 1. The maximum atomic E-state index is 13.5. The molecule has 0 saturated carbocycles. The van der Waals surface area contributed by atoms with Gasteiger partial charge in [0.05, 0.1) is 25.4 Å². The number of carbonyl (C=O) groups is 2. The highest BCUT2D eigenvalue weighted by molar-refractivity contribution is 5.80. The van der Waals surface area contributed by atoms with Crippen molar-refractivity contribution in [2.24, 2.45) is 0 Å². The summed E-state index contributed by atoms with van der Waals surface area (Å²) in [6, 6.07) is -1.03. The number of rotatable bonds is 66. The topological polar surface area (TPSA) is 175 Å². The normalized spacial score (nSPS) is 18.4.